The number of pyridine rings is 1. The normalized spacial score (nSPS) is 17.1. The molecule has 1 saturated heterocycles. The number of benzene rings is 1. The molecule has 0 atom stereocenters. The minimum absolute atomic E-state index is 0.0325. The summed E-state index contributed by atoms with van der Waals surface area (Å²) in [5.74, 6) is 2.01. The minimum Gasteiger partial charge on any atom is -0.497 e. The number of hydrogen-bond donors (Lipinski definition) is 0. The van der Waals surface area contributed by atoms with Crippen LogP contribution in [0.5, 0.6) is 11.5 Å². The van der Waals surface area contributed by atoms with Crippen molar-refractivity contribution in [2.24, 2.45) is 0 Å². The molecule has 2 aromatic heterocycles. The molecule has 0 bridgehead atoms. The lowest BCUT2D eigenvalue weighted by Gasteiger charge is -2.34. The van der Waals surface area contributed by atoms with E-state index in [1.807, 2.05) is 29.2 Å². The van der Waals surface area contributed by atoms with E-state index in [4.69, 9.17) is 13.9 Å². The van der Waals surface area contributed by atoms with E-state index in [0.717, 1.165) is 59.9 Å². The van der Waals surface area contributed by atoms with Crippen molar-refractivity contribution >= 4 is 11.5 Å². The Balaban J connectivity index is 1.29. The maximum absolute atomic E-state index is 12.5. The highest BCUT2D eigenvalue weighted by Crippen LogP contribution is 2.38. The number of rotatable bonds is 5. The largest absolute Gasteiger partial charge is 0.497 e. The second-order valence-electron chi connectivity index (χ2n) is 8.17. The molecule has 1 fully saturated rings. The summed E-state index contributed by atoms with van der Waals surface area (Å²) in [4.78, 5) is 21.3. The van der Waals surface area contributed by atoms with Crippen molar-refractivity contribution in [1.82, 2.24) is 14.8 Å². The first-order valence-electron chi connectivity index (χ1n) is 11.2. The smallest absolute Gasteiger partial charge is 0.289 e. The maximum atomic E-state index is 12.5. The van der Waals surface area contributed by atoms with E-state index in [2.05, 4.69) is 22.0 Å². The van der Waals surface area contributed by atoms with Crippen molar-refractivity contribution < 1.29 is 18.7 Å². The minimum atomic E-state index is -0.0325. The number of fused-ring (bicyclic) bond motifs is 2. The molecule has 7 nitrogen and oxygen atoms in total. The Morgan fingerprint density at radius 2 is 2.00 bits per heavy atom. The summed E-state index contributed by atoms with van der Waals surface area (Å²) in [7, 11) is 1.68. The fraction of sp³-hybridized carbons (Fsp3) is 0.308. The second-order valence-corrected chi connectivity index (χ2v) is 8.17. The average Bonchev–Trinajstić information content (AvgIpc) is 3.36. The van der Waals surface area contributed by atoms with E-state index in [0.29, 0.717) is 25.5 Å². The van der Waals surface area contributed by atoms with Gasteiger partial charge in [-0.25, -0.2) is 0 Å². The van der Waals surface area contributed by atoms with Crippen LogP contribution in [-0.2, 0) is 6.61 Å². The molecule has 2 aliphatic rings. The summed E-state index contributed by atoms with van der Waals surface area (Å²) in [5.41, 5.74) is 4.17. The lowest BCUT2D eigenvalue weighted by Crippen LogP contribution is -2.48. The van der Waals surface area contributed by atoms with Gasteiger partial charge < -0.3 is 18.8 Å². The highest BCUT2D eigenvalue weighted by atomic mass is 16.5. The molecule has 4 heterocycles. The summed E-state index contributed by atoms with van der Waals surface area (Å²) in [5, 5.41) is 0. The Morgan fingerprint density at radius 1 is 1.12 bits per heavy atom. The van der Waals surface area contributed by atoms with E-state index in [1.54, 1.807) is 25.4 Å². The van der Waals surface area contributed by atoms with Crippen molar-refractivity contribution in [2.45, 2.75) is 13.0 Å². The molecular formula is C26H27N3O4. The van der Waals surface area contributed by atoms with Crippen LogP contribution in [0.25, 0.3) is 5.57 Å². The van der Waals surface area contributed by atoms with Gasteiger partial charge in [-0.15, -0.1) is 0 Å². The number of aromatic nitrogens is 1. The van der Waals surface area contributed by atoms with Crippen LogP contribution in [0.3, 0.4) is 0 Å². The van der Waals surface area contributed by atoms with Gasteiger partial charge in [0.15, 0.2) is 5.76 Å². The molecule has 1 aromatic carbocycles. The monoisotopic (exact) mass is 445 g/mol. The number of nitrogens with zero attached hydrogens (tertiary/aromatic N) is 3. The Kier molecular flexibility index (Phi) is 6.13. The second kappa shape index (κ2) is 9.50. The van der Waals surface area contributed by atoms with Crippen LogP contribution in [0.15, 0.2) is 65.4 Å². The third kappa shape index (κ3) is 4.50. The number of ether oxygens (including phenoxy) is 2. The van der Waals surface area contributed by atoms with Crippen LogP contribution in [0.2, 0.25) is 0 Å². The lowest BCUT2D eigenvalue weighted by molar-refractivity contribution is 0.0608. The number of piperazine rings is 1. The summed E-state index contributed by atoms with van der Waals surface area (Å²) in [6, 6.07) is 13.4. The van der Waals surface area contributed by atoms with Gasteiger partial charge >= 0.3 is 0 Å². The molecule has 0 N–H and O–H groups in total. The van der Waals surface area contributed by atoms with Crippen molar-refractivity contribution in [3.63, 3.8) is 0 Å². The van der Waals surface area contributed by atoms with Gasteiger partial charge in [-0.2, -0.15) is 0 Å². The number of amides is 1. The molecule has 3 aromatic rings. The zero-order valence-corrected chi connectivity index (χ0v) is 18.7. The van der Waals surface area contributed by atoms with Gasteiger partial charge in [0.2, 0.25) is 0 Å². The van der Waals surface area contributed by atoms with Crippen LogP contribution < -0.4 is 9.47 Å². The number of methoxy groups -OCH3 is 1. The van der Waals surface area contributed by atoms with Gasteiger partial charge in [0.05, 0.1) is 19.1 Å². The lowest BCUT2D eigenvalue weighted by atomic mass is 9.95. The van der Waals surface area contributed by atoms with E-state index in [1.165, 1.54) is 6.26 Å². The van der Waals surface area contributed by atoms with Gasteiger partial charge in [0.25, 0.3) is 5.91 Å². The standard InChI is InChI=1S/C26H27N3O4/c1-31-19-8-9-24-22(17-19)20(21-5-2-10-27-23(21)18-33-24)6-3-11-28-12-14-29(15-13-28)26(30)25-7-4-16-32-25/h2,4-10,16-17H,3,11-15,18H2,1H3. The highest BCUT2D eigenvalue weighted by molar-refractivity contribution is 5.91. The number of carbonyl (C=O) groups is 1. The van der Waals surface area contributed by atoms with E-state index in [9.17, 15) is 4.79 Å². The van der Waals surface area contributed by atoms with Gasteiger partial charge in [0.1, 0.15) is 18.1 Å². The first-order valence-corrected chi connectivity index (χ1v) is 11.2. The van der Waals surface area contributed by atoms with Crippen molar-refractivity contribution in [3.8, 4) is 11.5 Å². The first-order chi connectivity index (χ1) is 16.2. The number of carbonyl (C=O) groups excluding carboxylic acids is 1. The first kappa shape index (κ1) is 21.3. The third-order valence-electron chi connectivity index (χ3n) is 6.21. The van der Waals surface area contributed by atoms with Crippen LogP contribution in [0.4, 0.5) is 0 Å². The van der Waals surface area contributed by atoms with Gasteiger partial charge in [-0.05, 0) is 48.4 Å². The summed E-state index contributed by atoms with van der Waals surface area (Å²) < 4.78 is 16.8. The summed E-state index contributed by atoms with van der Waals surface area (Å²) >= 11 is 0. The van der Waals surface area contributed by atoms with Crippen molar-refractivity contribution in [3.05, 3.63) is 83.6 Å². The SMILES string of the molecule is COc1ccc2c(c1)C(=CCCN1CCN(C(=O)c3ccco3)CC1)c1cccnc1CO2. The predicted molar refractivity (Wildman–Crippen MR) is 124 cm³/mol. The van der Waals surface area contributed by atoms with E-state index >= 15 is 0 Å². The molecule has 7 heteroatoms. The molecule has 170 valence electrons. The molecule has 2 aliphatic heterocycles. The molecule has 5 rings (SSSR count). The van der Waals surface area contributed by atoms with Crippen LogP contribution in [0.1, 0.15) is 33.8 Å². The molecule has 33 heavy (non-hydrogen) atoms. The summed E-state index contributed by atoms with van der Waals surface area (Å²) in [6.07, 6.45) is 6.50. The van der Waals surface area contributed by atoms with Crippen LogP contribution in [0, 0.1) is 0 Å². The zero-order chi connectivity index (χ0) is 22.6. The van der Waals surface area contributed by atoms with Gasteiger partial charge in [-0.3, -0.25) is 14.7 Å². The van der Waals surface area contributed by atoms with Crippen LogP contribution >= 0.6 is 0 Å². The molecular weight excluding hydrogens is 418 g/mol. The molecule has 1 amide bonds. The Labute approximate surface area is 193 Å². The van der Waals surface area contributed by atoms with E-state index < -0.39 is 0 Å². The highest BCUT2D eigenvalue weighted by Gasteiger charge is 2.24. The van der Waals surface area contributed by atoms with Gasteiger partial charge in [-0.1, -0.05) is 12.1 Å². The Bertz CT molecular complexity index is 1150. The van der Waals surface area contributed by atoms with Gasteiger partial charge in [0, 0.05) is 50.0 Å². The molecule has 0 unspecified atom stereocenters. The Morgan fingerprint density at radius 3 is 2.79 bits per heavy atom. The van der Waals surface area contributed by atoms with E-state index in [-0.39, 0.29) is 5.91 Å². The Hall–Kier alpha value is -3.58. The topological polar surface area (TPSA) is 68.0 Å². The predicted octanol–water partition coefficient (Wildman–Crippen LogP) is 3.86. The fourth-order valence-corrected chi connectivity index (χ4v) is 4.40. The average molecular weight is 446 g/mol. The molecule has 0 saturated carbocycles. The summed E-state index contributed by atoms with van der Waals surface area (Å²) in [6.45, 7) is 4.47. The third-order valence-corrected chi connectivity index (χ3v) is 6.21. The molecule has 0 radical (unpaired) electrons. The molecule has 0 spiro atoms. The maximum Gasteiger partial charge on any atom is 0.289 e. The quantitative estimate of drug-likeness (QED) is 0.594. The number of hydrogen-bond acceptors (Lipinski definition) is 6. The van der Waals surface area contributed by atoms with Crippen molar-refractivity contribution in [1.29, 1.82) is 0 Å². The van der Waals surface area contributed by atoms with Crippen molar-refractivity contribution in [2.75, 3.05) is 39.8 Å². The van der Waals surface area contributed by atoms with Crippen LogP contribution in [-0.4, -0.2) is 60.5 Å². The number of furan rings is 1. The molecule has 0 aliphatic carbocycles. The fourth-order valence-electron chi connectivity index (χ4n) is 4.40. The zero-order valence-electron chi connectivity index (χ0n) is 18.7.